The molecule has 0 aliphatic carbocycles. The summed E-state index contributed by atoms with van der Waals surface area (Å²) in [5, 5.41) is 21.2. The van der Waals surface area contributed by atoms with Crippen molar-refractivity contribution in [2.45, 2.75) is 12.8 Å². The lowest BCUT2D eigenvalue weighted by atomic mass is 10.1. The normalized spacial score (nSPS) is 9.80. The summed E-state index contributed by atoms with van der Waals surface area (Å²) in [6, 6.07) is 8.82. The van der Waals surface area contributed by atoms with Gasteiger partial charge in [-0.25, -0.2) is 4.98 Å². The summed E-state index contributed by atoms with van der Waals surface area (Å²) in [5.41, 5.74) is 1.33. The molecule has 0 saturated carbocycles. The number of carboxylic acids is 1. The van der Waals surface area contributed by atoms with Crippen molar-refractivity contribution in [3.63, 3.8) is 0 Å². The number of amides is 1. The standard InChI is InChI=1S/C18H15ClN2O4/c19-14-7-5-12(6-8-14)3-1-2-4-13-9-15(22)17(20-10-13)18(25)21-11-16(23)24/h5-10,22H,1,3,11H2,(H,21,25)(H,23,24). The van der Waals surface area contributed by atoms with Gasteiger partial charge in [0.1, 0.15) is 12.3 Å². The first-order valence-electron chi connectivity index (χ1n) is 7.38. The zero-order chi connectivity index (χ0) is 18.2. The van der Waals surface area contributed by atoms with Gasteiger partial charge in [-0.2, -0.15) is 0 Å². The van der Waals surface area contributed by atoms with Crippen molar-refractivity contribution in [2.24, 2.45) is 0 Å². The predicted octanol–water partition coefficient (Wildman–Crippen LogP) is 2.24. The van der Waals surface area contributed by atoms with Crippen molar-refractivity contribution in [2.75, 3.05) is 6.54 Å². The molecule has 25 heavy (non-hydrogen) atoms. The van der Waals surface area contributed by atoms with Crippen molar-refractivity contribution < 1.29 is 19.8 Å². The molecule has 0 atom stereocenters. The number of carbonyl (C=O) groups excluding carboxylic acids is 1. The van der Waals surface area contributed by atoms with Gasteiger partial charge in [0.25, 0.3) is 5.91 Å². The van der Waals surface area contributed by atoms with Crippen LogP contribution in [0.25, 0.3) is 0 Å². The van der Waals surface area contributed by atoms with Crippen LogP contribution >= 0.6 is 11.6 Å². The number of aromatic hydroxyl groups is 1. The molecule has 1 heterocycles. The van der Waals surface area contributed by atoms with Crippen LogP contribution in [0, 0.1) is 11.8 Å². The molecule has 0 spiro atoms. The molecule has 0 unspecified atom stereocenters. The van der Waals surface area contributed by atoms with Crippen LogP contribution in [-0.2, 0) is 11.2 Å². The number of hydrogen-bond acceptors (Lipinski definition) is 4. The number of aliphatic carboxylic acids is 1. The Kier molecular flexibility index (Phi) is 6.38. The Bertz CT molecular complexity index is 838. The van der Waals surface area contributed by atoms with E-state index in [1.807, 2.05) is 24.3 Å². The number of carbonyl (C=O) groups is 2. The van der Waals surface area contributed by atoms with Gasteiger partial charge >= 0.3 is 5.97 Å². The van der Waals surface area contributed by atoms with Crippen LogP contribution in [-0.4, -0.2) is 33.6 Å². The maximum atomic E-state index is 11.7. The highest BCUT2D eigenvalue weighted by Gasteiger charge is 2.13. The van der Waals surface area contributed by atoms with Crippen LogP contribution in [0.3, 0.4) is 0 Å². The topological polar surface area (TPSA) is 99.5 Å². The number of aryl methyl sites for hydroxylation is 1. The van der Waals surface area contributed by atoms with E-state index in [1.165, 1.54) is 12.3 Å². The Morgan fingerprint density at radius 1 is 1.24 bits per heavy atom. The number of carboxylic acid groups (broad SMARTS) is 1. The Morgan fingerprint density at radius 3 is 2.60 bits per heavy atom. The van der Waals surface area contributed by atoms with Gasteiger partial charge in [0.15, 0.2) is 5.69 Å². The van der Waals surface area contributed by atoms with E-state index in [1.54, 1.807) is 0 Å². The predicted molar refractivity (Wildman–Crippen MR) is 92.5 cm³/mol. The zero-order valence-electron chi connectivity index (χ0n) is 13.1. The van der Waals surface area contributed by atoms with Crippen LogP contribution in [0.5, 0.6) is 5.75 Å². The molecule has 0 aliphatic rings. The quantitative estimate of drug-likeness (QED) is 0.712. The van der Waals surface area contributed by atoms with Crippen LogP contribution < -0.4 is 5.32 Å². The second kappa shape index (κ2) is 8.71. The van der Waals surface area contributed by atoms with E-state index >= 15 is 0 Å². The third-order valence-electron chi connectivity index (χ3n) is 3.17. The van der Waals surface area contributed by atoms with Crippen LogP contribution in [0.1, 0.15) is 28.0 Å². The average Bonchev–Trinajstić information content (AvgIpc) is 2.58. The lowest BCUT2D eigenvalue weighted by Gasteiger charge is -2.04. The molecular formula is C18H15ClN2O4. The summed E-state index contributed by atoms with van der Waals surface area (Å²) >= 11 is 5.82. The molecule has 7 heteroatoms. The fraction of sp³-hybridized carbons (Fsp3) is 0.167. The summed E-state index contributed by atoms with van der Waals surface area (Å²) in [7, 11) is 0. The van der Waals surface area contributed by atoms with E-state index in [9.17, 15) is 14.7 Å². The van der Waals surface area contributed by atoms with E-state index in [0.29, 0.717) is 17.0 Å². The number of rotatable bonds is 5. The number of nitrogens with zero attached hydrogens (tertiary/aromatic N) is 1. The number of pyridine rings is 1. The maximum Gasteiger partial charge on any atom is 0.322 e. The van der Waals surface area contributed by atoms with E-state index < -0.39 is 18.4 Å². The minimum absolute atomic E-state index is 0.243. The number of aromatic nitrogens is 1. The van der Waals surface area contributed by atoms with Gasteiger partial charge in [-0.1, -0.05) is 35.6 Å². The number of halogens is 1. The largest absolute Gasteiger partial charge is 0.505 e. The highest BCUT2D eigenvalue weighted by Crippen LogP contribution is 2.15. The first-order chi connectivity index (χ1) is 12.0. The highest BCUT2D eigenvalue weighted by molar-refractivity contribution is 6.30. The Morgan fingerprint density at radius 2 is 1.96 bits per heavy atom. The molecule has 1 amide bonds. The van der Waals surface area contributed by atoms with Gasteiger partial charge in [-0.3, -0.25) is 9.59 Å². The van der Waals surface area contributed by atoms with Crippen molar-refractivity contribution in [3.8, 4) is 17.6 Å². The first kappa shape index (κ1) is 18.3. The Balaban J connectivity index is 1.95. The molecule has 3 N–H and O–H groups in total. The molecule has 128 valence electrons. The second-order valence-electron chi connectivity index (χ2n) is 5.10. The third-order valence-corrected chi connectivity index (χ3v) is 3.42. The summed E-state index contributed by atoms with van der Waals surface area (Å²) < 4.78 is 0. The van der Waals surface area contributed by atoms with Crippen molar-refractivity contribution in [1.82, 2.24) is 10.3 Å². The lowest BCUT2D eigenvalue weighted by molar-refractivity contribution is -0.135. The van der Waals surface area contributed by atoms with E-state index in [-0.39, 0.29) is 11.4 Å². The molecule has 0 radical (unpaired) electrons. The Hall–Kier alpha value is -3.04. The third kappa shape index (κ3) is 5.83. The van der Waals surface area contributed by atoms with Crippen LogP contribution in [0.15, 0.2) is 36.5 Å². The summed E-state index contributed by atoms with van der Waals surface area (Å²) in [6.07, 6.45) is 2.73. The van der Waals surface area contributed by atoms with Gasteiger partial charge < -0.3 is 15.5 Å². The van der Waals surface area contributed by atoms with Crippen molar-refractivity contribution in [3.05, 3.63) is 58.4 Å². The lowest BCUT2D eigenvalue weighted by Crippen LogP contribution is -2.29. The Labute approximate surface area is 149 Å². The summed E-state index contributed by atoms with van der Waals surface area (Å²) in [4.78, 5) is 25.9. The minimum Gasteiger partial charge on any atom is -0.505 e. The first-order valence-corrected chi connectivity index (χ1v) is 7.76. The SMILES string of the molecule is O=C(O)CNC(=O)c1ncc(C#CCCc2ccc(Cl)cc2)cc1O. The molecule has 1 aromatic heterocycles. The van der Waals surface area contributed by atoms with Crippen molar-refractivity contribution >= 4 is 23.5 Å². The molecule has 1 aromatic carbocycles. The molecule has 0 fully saturated rings. The molecule has 0 bridgehead atoms. The minimum atomic E-state index is -1.18. The molecular weight excluding hydrogens is 344 g/mol. The van der Waals surface area contributed by atoms with Gasteiger partial charge in [0.05, 0.1) is 0 Å². The van der Waals surface area contributed by atoms with Crippen LogP contribution in [0.4, 0.5) is 0 Å². The van der Waals surface area contributed by atoms with E-state index in [2.05, 4.69) is 22.1 Å². The van der Waals surface area contributed by atoms with Crippen LogP contribution in [0.2, 0.25) is 5.02 Å². The van der Waals surface area contributed by atoms with E-state index in [4.69, 9.17) is 16.7 Å². The number of hydrogen-bond donors (Lipinski definition) is 3. The summed E-state index contributed by atoms with van der Waals surface area (Å²) in [5.74, 6) is 3.53. The highest BCUT2D eigenvalue weighted by atomic mass is 35.5. The smallest absolute Gasteiger partial charge is 0.322 e. The monoisotopic (exact) mass is 358 g/mol. The number of benzene rings is 1. The maximum absolute atomic E-state index is 11.7. The van der Waals surface area contributed by atoms with Gasteiger partial charge in [-0.05, 0) is 30.2 Å². The fourth-order valence-corrected chi connectivity index (χ4v) is 2.08. The second-order valence-corrected chi connectivity index (χ2v) is 5.53. The average molecular weight is 359 g/mol. The zero-order valence-corrected chi connectivity index (χ0v) is 13.9. The number of nitrogens with one attached hydrogen (secondary N) is 1. The molecule has 2 rings (SSSR count). The van der Waals surface area contributed by atoms with Gasteiger partial charge in [0.2, 0.25) is 0 Å². The van der Waals surface area contributed by atoms with E-state index in [0.717, 1.165) is 12.0 Å². The van der Waals surface area contributed by atoms with Crippen molar-refractivity contribution in [1.29, 1.82) is 0 Å². The molecule has 6 nitrogen and oxygen atoms in total. The molecule has 2 aromatic rings. The van der Waals surface area contributed by atoms with Gasteiger partial charge in [-0.15, -0.1) is 0 Å². The molecule has 0 aliphatic heterocycles. The molecule has 0 saturated heterocycles. The van der Waals surface area contributed by atoms with Gasteiger partial charge in [0, 0.05) is 23.2 Å². The fourth-order valence-electron chi connectivity index (χ4n) is 1.96. The summed E-state index contributed by atoms with van der Waals surface area (Å²) in [6.45, 7) is -0.549.